The van der Waals surface area contributed by atoms with E-state index in [1.807, 2.05) is 54.0 Å². The number of imidazole rings is 1. The van der Waals surface area contributed by atoms with E-state index in [1.54, 1.807) is 16.7 Å². The third kappa shape index (κ3) is 4.77. The molecule has 0 atom stereocenters. The number of nitrogens with zero attached hydrogens (tertiary/aromatic N) is 7. The number of aromatic nitrogens is 8. The van der Waals surface area contributed by atoms with Crippen molar-refractivity contribution in [2.24, 2.45) is 0 Å². The van der Waals surface area contributed by atoms with Gasteiger partial charge in [-0.1, -0.05) is 80.6 Å². The van der Waals surface area contributed by atoms with Crippen molar-refractivity contribution in [2.45, 2.75) is 46.2 Å². The van der Waals surface area contributed by atoms with E-state index in [2.05, 4.69) is 51.8 Å². The van der Waals surface area contributed by atoms with E-state index in [1.165, 1.54) is 4.57 Å². The lowest BCUT2D eigenvalue weighted by Gasteiger charge is -2.13. The highest BCUT2D eigenvalue weighted by molar-refractivity contribution is 5.80. The second-order valence-corrected chi connectivity index (χ2v) is 9.92. The summed E-state index contributed by atoms with van der Waals surface area (Å²) in [7, 11) is 0. The lowest BCUT2D eigenvalue weighted by atomic mass is 9.98. The summed E-state index contributed by atoms with van der Waals surface area (Å²) in [6.45, 7) is 5.02. The largest absolute Gasteiger partial charge is 0.337 e. The number of rotatable bonds is 9. The summed E-state index contributed by atoms with van der Waals surface area (Å²) in [5.41, 5.74) is 4.62. The van der Waals surface area contributed by atoms with Crippen LogP contribution in [0.1, 0.15) is 38.1 Å². The normalized spacial score (nSPS) is 11.4. The van der Waals surface area contributed by atoms with Gasteiger partial charge >= 0.3 is 5.69 Å². The number of nitrogens with one attached hydrogen (secondary N) is 1. The summed E-state index contributed by atoms with van der Waals surface area (Å²) in [5.74, 6) is 1.33. The fraction of sp³-hybridized carbons (Fsp3) is 0.226. The first-order valence-electron chi connectivity index (χ1n) is 13.8. The molecule has 0 radical (unpaired) electrons. The van der Waals surface area contributed by atoms with Crippen LogP contribution >= 0.6 is 0 Å². The molecule has 3 aromatic heterocycles. The molecular formula is C31H30N8O2. The quantitative estimate of drug-likeness (QED) is 0.283. The van der Waals surface area contributed by atoms with Crippen molar-refractivity contribution < 1.29 is 0 Å². The minimum absolute atomic E-state index is 0.357. The second kappa shape index (κ2) is 11.2. The molecule has 6 aromatic rings. The van der Waals surface area contributed by atoms with Crippen LogP contribution in [0.5, 0.6) is 0 Å². The van der Waals surface area contributed by atoms with Crippen LogP contribution in [0.3, 0.4) is 0 Å². The van der Waals surface area contributed by atoms with E-state index in [-0.39, 0.29) is 11.2 Å². The van der Waals surface area contributed by atoms with Gasteiger partial charge in [0.1, 0.15) is 5.82 Å². The van der Waals surface area contributed by atoms with E-state index in [4.69, 9.17) is 4.98 Å². The molecule has 10 nitrogen and oxygen atoms in total. The molecule has 41 heavy (non-hydrogen) atoms. The van der Waals surface area contributed by atoms with Gasteiger partial charge in [-0.2, -0.15) is 5.21 Å². The summed E-state index contributed by atoms with van der Waals surface area (Å²) < 4.78 is 4.88. The van der Waals surface area contributed by atoms with Crippen LogP contribution in [0.4, 0.5) is 0 Å². The van der Waals surface area contributed by atoms with Crippen molar-refractivity contribution in [1.29, 1.82) is 0 Å². The fourth-order valence-electron chi connectivity index (χ4n) is 5.28. The topological polar surface area (TPSA) is 116 Å². The monoisotopic (exact) mass is 546 g/mol. The molecule has 6 rings (SSSR count). The Morgan fingerprint density at radius 3 is 2.22 bits per heavy atom. The van der Waals surface area contributed by atoms with E-state index in [0.29, 0.717) is 42.2 Å². The second-order valence-electron chi connectivity index (χ2n) is 9.92. The zero-order chi connectivity index (χ0) is 28.3. The highest BCUT2D eigenvalue weighted by Gasteiger charge is 2.22. The average molecular weight is 547 g/mol. The van der Waals surface area contributed by atoms with Gasteiger partial charge in [0.2, 0.25) is 5.82 Å². The van der Waals surface area contributed by atoms with Crippen LogP contribution in [0.2, 0.25) is 0 Å². The van der Waals surface area contributed by atoms with Crippen LogP contribution in [-0.4, -0.2) is 39.3 Å². The molecule has 0 saturated heterocycles. The van der Waals surface area contributed by atoms with Gasteiger partial charge < -0.3 is 4.57 Å². The summed E-state index contributed by atoms with van der Waals surface area (Å²) >= 11 is 0. The maximum Gasteiger partial charge on any atom is 0.337 e. The van der Waals surface area contributed by atoms with Crippen molar-refractivity contribution in [3.63, 3.8) is 0 Å². The molecule has 0 saturated carbocycles. The summed E-state index contributed by atoms with van der Waals surface area (Å²) in [6.07, 6.45) is 2.29. The van der Waals surface area contributed by atoms with Gasteiger partial charge in [0.25, 0.3) is 5.56 Å². The highest BCUT2D eigenvalue weighted by Crippen LogP contribution is 2.30. The van der Waals surface area contributed by atoms with Crippen molar-refractivity contribution in [3.05, 3.63) is 111 Å². The number of hydrogen-bond acceptors (Lipinski definition) is 6. The lowest BCUT2D eigenvalue weighted by molar-refractivity contribution is 0.631. The molecule has 0 aliphatic heterocycles. The zero-order valence-corrected chi connectivity index (χ0v) is 23.0. The Bertz CT molecular complexity index is 1920. The Labute approximate surface area is 235 Å². The predicted molar refractivity (Wildman–Crippen MR) is 158 cm³/mol. The Kier molecular flexibility index (Phi) is 7.11. The van der Waals surface area contributed by atoms with Crippen LogP contribution in [0.25, 0.3) is 39.4 Å². The molecular weight excluding hydrogens is 516 g/mol. The maximum atomic E-state index is 14.0. The lowest BCUT2D eigenvalue weighted by Crippen LogP contribution is -2.39. The summed E-state index contributed by atoms with van der Waals surface area (Å²) in [4.78, 5) is 32.4. The molecule has 0 amide bonds. The molecule has 0 bridgehead atoms. The molecule has 0 fully saturated rings. The van der Waals surface area contributed by atoms with Gasteiger partial charge in [-0.15, -0.1) is 10.2 Å². The van der Waals surface area contributed by atoms with Gasteiger partial charge in [0.05, 0.1) is 5.69 Å². The van der Waals surface area contributed by atoms with Gasteiger partial charge in [0.15, 0.2) is 11.2 Å². The van der Waals surface area contributed by atoms with Crippen molar-refractivity contribution in [1.82, 2.24) is 39.3 Å². The fourth-order valence-corrected chi connectivity index (χ4v) is 5.28. The Hall–Kier alpha value is -5.12. The number of H-pyrrole nitrogens is 1. The summed E-state index contributed by atoms with van der Waals surface area (Å²) in [5, 5.41) is 14.5. The van der Waals surface area contributed by atoms with Crippen LogP contribution in [0, 0.1) is 0 Å². The standard InChI is InChI=1S/C31H30N8O2/c1-3-10-26-32-29-27(30(40)39(23-11-6-5-7-12-23)31(41)37(29)19-4-2)38(26)20-21-15-17-22(18-16-21)24-13-8-9-14-25(24)28-33-35-36-34-28/h5-9,11-18H,3-4,10,19-20H2,1-2H3,(H,33,34,35,36). The first-order chi connectivity index (χ1) is 20.1. The number of para-hydroxylation sites is 1. The van der Waals surface area contributed by atoms with Gasteiger partial charge in [-0.25, -0.2) is 14.3 Å². The third-order valence-electron chi connectivity index (χ3n) is 7.17. The van der Waals surface area contributed by atoms with Crippen molar-refractivity contribution in [3.8, 4) is 28.2 Å². The number of hydrogen-bond donors (Lipinski definition) is 1. The Morgan fingerprint density at radius 1 is 0.805 bits per heavy atom. The molecule has 3 heterocycles. The number of benzene rings is 3. The van der Waals surface area contributed by atoms with Crippen LogP contribution in [0.15, 0.2) is 88.5 Å². The predicted octanol–water partition coefficient (Wildman–Crippen LogP) is 4.61. The minimum Gasteiger partial charge on any atom is -0.318 e. The molecule has 3 aromatic carbocycles. The van der Waals surface area contributed by atoms with Crippen molar-refractivity contribution >= 4 is 11.2 Å². The molecule has 0 unspecified atom stereocenters. The molecule has 206 valence electrons. The van der Waals surface area contributed by atoms with Crippen LogP contribution < -0.4 is 11.2 Å². The summed E-state index contributed by atoms with van der Waals surface area (Å²) in [6, 6.07) is 25.2. The Morgan fingerprint density at radius 2 is 1.54 bits per heavy atom. The SMILES string of the molecule is CCCc1nc2c(c(=O)n(-c3ccccc3)c(=O)n2CCC)n1Cc1ccc(-c2ccccc2-c2nn[nH]n2)cc1. The number of aromatic amines is 1. The first-order valence-corrected chi connectivity index (χ1v) is 13.8. The molecule has 0 spiro atoms. The van der Waals surface area contributed by atoms with E-state index in [9.17, 15) is 9.59 Å². The van der Waals surface area contributed by atoms with Gasteiger partial charge in [0, 0.05) is 25.1 Å². The first kappa shape index (κ1) is 26.1. The highest BCUT2D eigenvalue weighted by atomic mass is 16.2. The molecule has 0 aliphatic rings. The van der Waals surface area contributed by atoms with E-state index < -0.39 is 0 Å². The zero-order valence-electron chi connectivity index (χ0n) is 23.0. The van der Waals surface area contributed by atoms with Gasteiger partial charge in [-0.3, -0.25) is 9.36 Å². The van der Waals surface area contributed by atoms with Gasteiger partial charge in [-0.05, 0) is 46.9 Å². The molecule has 1 N–H and O–H groups in total. The van der Waals surface area contributed by atoms with Crippen molar-refractivity contribution in [2.75, 3.05) is 0 Å². The number of aryl methyl sites for hydroxylation is 2. The average Bonchev–Trinajstić information content (AvgIpc) is 3.66. The minimum atomic E-state index is -0.368. The Balaban J connectivity index is 1.47. The molecule has 0 aliphatic carbocycles. The maximum absolute atomic E-state index is 14.0. The molecule has 10 heteroatoms. The third-order valence-corrected chi connectivity index (χ3v) is 7.17. The van der Waals surface area contributed by atoms with E-state index >= 15 is 0 Å². The number of tetrazole rings is 1. The van der Waals surface area contributed by atoms with E-state index in [0.717, 1.165) is 40.9 Å². The van der Waals surface area contributed by atoms with Crippen LogP contribution in [-0.2, 0) is 19.5 Å². The number of fused-ring (bicyclic) bond motifs is 1. The smallest absolute Gasteiger partial charge is 0.318 e.